The van der Waals surface area contributed by atoms with Gasteiger partial charge in [-0.25, -0.2) is 23.1 Å². The molecule has 0 aliphatic rings. The zero-order chi connectivity index (χ0) is 24.6. The molecule has 2 heterocycles. The van der Waals surface area contributed by atoms with E-state index in [-0.39, 0.29) is 10.6 Å². The molecule has 0 radical (unpaired) electrons. The maximum atomic E-state index is 12.8. The first-order valence-electron chi connectivity index (χ1n) is 10.5. The topological polar surface area (TPSA) is 97.2 Å². The van der Waals surface area contributed by atoms with E-state index in [1.54, 1.807) is 18.2 Å². The SMILES string of the molecule is Cc1ccc(S(=O)(=O)NC(=O)c2ccc3nc(C)n(Cc4ccc(N(C)C)cc4Cl)c3n2)cc1. The lowest BCUT2D eigenvalue weighted by molar-refractivity contribution is 0.0977. The molecule has 2 aromatic carbocycles. The first-order valence-corrected chi connectivity index (χ1v) is 12.3. The Labute approximate surface area is 203 Å². The van der Waals surface area contributed by atoms with Crippen molar-refractivity contribution >= 4 is 44.4 Å². The summed E-state index contributed by atoms with van der Waals surface area (Å²) < 4.78 is 29.2. The van der Waals surface area contributed by atoms with Crippen LogP contribution in [0.15, 0.2) is 59.5 Å². The highest BCUT2D eigenvalue weighted by atomic mass is 35.5. The van der Waals surface area contributed by atoms with Crippen molar-refractivity contribution < 1.29 is 13.2 Å². The van der Waals surface area contributed by atoms with E-state index in [0.29, 0.717) is 28.6 Å². The smallest absolute Gasteiger partial charge is 0.283 e. The van der Waals surface area contributed by atoms with Gasteiger partial charge in [0.15, 0.2) is 5.65 Å². The highest BCUT2D eigenvalue weighted by Gasteiger charge is 2.21. The number of carbonyl (C=O) groups is 1. The van der Waals surface area contributed by atoms with E-state index in [9.17, 15) is 13.2 Å². The number of halogens is 1. The molecule has 4 aromatic rings. The van der Waals surface area contributed by atoms with Gasteiger partial charge in [0, 0.05) is 24.8 Å². The molecule has 176 valence electrons. The van der Waals surface area contributed by atoms with Crippen molar-refractivity contribution in [3.8, 4) is 0 Å². The molecule has 0 saturated carbocycles. The highest BCUT2D eigenvalue weighted by Crippen LogP contribution is 2.25. The molecule has 1 amide bonds. The van der Waals surface area contributed by atoms with Crippen molar-refractivity contribution in [2.75, 3.05) is 19.0 Å². The van der Waals surface area contributed by atoms with Crippen LogP contribution in [0, 0.1) is 13.8 Å². The third-order valence-electron chi connectivity index (χ3n) is 5.46. The zero-order valence-electron chi connectivity index (χ0n) is 19.2. The molecule has 34 heavy (non-hydrogen) atoms. The van der Waals surface area contributed by atoms with Gasteiger partial charge in [-0.2, -0.15) is 0 Å². The monoisotopic (exact) mass is 497 g/mol. The van der Waals surface area contributed by atoms with Crippen LogP contribution >= 0.6 is 11.6 Å². The standard InChI is InChI=1S/C24H24ClN5O3S/c1-15-5-9-19(10-6-15)34(32,33)28-24(31)22-12-11-21-23(27-22)30(16(2)26-21)14-17-7-8-18(29(3)4)13-20(17)25/h5-13H,14H2,1-4H3,(H,28,31). The Morgan fingerprint density at radius 2 is 1.74 bits per heavy atom. The fourth-order valence-electron chi connectivity index (χ4n) is 3.49. The second-order valence-electron chi connectivity index (χ2n) is 8.20. The van der Waals surface area contributed by atoms with Crippen LogP contribution in [-0.4, -0.2) is 43.0 Å². The molecule has 2 aromatic heterocycles. The minimum Gasteiger partial charge on any atom is -0.378 e. The number of pyridine rings is 1. The highest BCUT2D eigenvalue weighted by molar-refractivity contribution is 7.90. The molecular weight excluding hydrogens is 474 g/mol. The number of fused-ring (bicyclic) bond motifs is 1. The molecule has 4 rings (SSSR count). The van der Waals surface area contributed by atoms with Crippen molar-refractivity contribution in [1.82, 2.24) is 19.3 Å². The van der Waals surface area contributed by atoms with Gasteiger partial charge in [0.1, 0.15) is 17.0 Å². The number of imidazole rings is 1. The van der Waals surface area contributed by atoms with Gasteiger partial charge < -0.3 is 9.47 Å². The summed E-state index contributed by atoms with van der Waals surface area (Å²) >= 11 is 6.50. The van der Waals surface area contributed by atoms with Crippen LogP contribution in [0.4, 0.5) is 5.69 Å². The number of hydrogen-bond donors (Lipinski definition) is 1. The number of amides is 1. The molecule has 0 fully saturated rings. The predicted molar refractivity (Wildman–Crippen MR) is 133 cm³/mol. The zero-order valence-corrected chi connectivity index (χ0v) is 20.8. The van der Waals surface area contributed by atoms with Crippen LogP contribution in [0.25, 0.3) is 11.2 Å². The lowest BCUT2D eigenvalue weighted by Crippen LogP contribution is -2.31. The van der Waals surface area contributed by atoms with Gasteiger partial charge in [-0.3, -0.25) is 4.79 Å². The third kappa shape index (κ3) is 4.76. The molecule has 10 heteroatoms. The van der Waals surface area contributed by atoms with Crippen LogP contribution in [-0.2, 0) is 16.6 Å². The van der Waals surface area contributed by atoms with Gasteiger partial charge in [0.25, 0.3) is 15.9 Å². The molecule has 0 unspecified atom stereocenters. The average Bonchev–Trinajstić information content (AvgIpc) is 3.09. The van der Waals surface area contributed by atoms with E-state index >= 15 is 0 Å². The van der Waals surface area contributed by atoms with Crippen LogP contribution < -0.4 is 9.62 Å². The summed E-state index contributed by atoms with van der Waals surface area (Å²) in [5.41, 5.74) is 3.79. The Morgan fingerprint density at radius 1 is 1.03 bits per heavy atom. The molecule has 0 atom stereocenters. The number of hydrogen-bond acceptors (Lipinski definition) is 6. The van der Waals surface area contributed by atoms with Crippen molar-refractivity contribution in [3.05, 3.63) is 82.3 Å². The number of nitrogens with zero attached hydrogens (tertiary/aromatic N) is 4. The summed E-state index contributed by atoms with van der Waals surface area (Å²) in [6.45, 7) is 4.09. The summed E-state index contributed by atoms with van der Waals surface area (Å²) in [5.74, 6) is -0.124. The van der Waals surface area contributed by atoms with Crippen LogP contribution in [0.2, 0.25) is 5.02 Å². The maximum absolute atomic E-state index is 12.8. The van der Waals surface area contributed by atoms with Crippen molar-refractivity contribution in [3.63, 3.8) is 0 Å². The van der Waals surface area contributed by atoms with Gasteiger partial charge in [0.05, 0.1) is 11.4 Å². The minimum atomic E-state index is -4.03. The second-order valence-corrected chi connectivity index (χ2v) is 10.3. The number of benzene rings is 2. The van der Waals surface area contributed by atoms with Gasteiger partial charge in [0.2, 0.25) is 0 Å². The Hall–Kier alpha value is -3.43. The van der Waals surface area contributed by atoms with E-state index in [4.69, 9.17) is 11.6 Å². The second kappa shape index (κ2) is 9.08. The number of sulfonamides is 1. The van der Waals surface area contributed by atoms with Gasteiger partial charge in [-0.05, 0) is 55.8 Å². The summed E-state index contributed by atoms with van der Waals surface area (Å²) in [5, 5.41) is 0.602. The molecule has 0 aliphatic heterocycles. The minimum absolute atomic E-state index is 0.00391. The first-order chi connectivity index (χ1) is 16.0. The van der Waals surface area contributed by atoms with Crippen LogP contribution in [0.1, 0.15) is 27.4 Å². The molecule has 0 spiro atoms. The Bertz CT molecular complexity index is 1500. The number of nitrogens with one attached hydrogen (secondary N) is 1. The Morgan fingerprint density at radius 3 is 2.38 bits per heavy atom. The molecule has 0 saturated heterocycles. The lowest BCUT2D eigenvalue weighted by atomic mass is 10.2. The predicted octanol–water partition coefficient (Wildman–Crippen LogP) is 3.93. The molecule has 1 N–H and O–H groups in total. The number of aryl methyl sites for hydroxylation is 2. The van der Waals surface area contributed by atoms with Crippen molar-refractivity contribution in [1.29, 1.82) is 0 Å². The van der Waals surface area contributed by atoms with Gasteiger partial charge >= 0.3 is 0 Å². The van der Waals surface area contributed by atoms with E-state index in [2.05, 4.69) is 14.7 Å². The average molecular weight is 498 g/mol. The van der Waals surface area contributed by atoms with Crippen LogP contribution in [0.5, 0.6) is 0 Å². The van der Waals surface area contributed by atoms with Crippen molar-refractivity contribution in [2.45, 2.75) is 25.3 Å². The van der Waals surface area contributed by atoms with Crippen LogP contribution in [0.3, 0.4) is 0 Å². The number of rotatable bonds is 6. The molecule has 0 aliphatic carbocycles. The van der Waals surface area contributed by atoms with Gasteiger partial charge in [-0.15, -0.1) is 0 Å². The third-order valence-corrected chi connectivity index (χ3v) is 7.15. The lowest BCUT2D eigenvalue weighted by Gasteiger charge is -2.15. The molecule has 8 nitrogen and oxygen atoms in total. The number of anilines is 1. The fraction of sp³-hybridized carbons (Fsp3) is 0.208. The maximum Gasteiger partial charge on any atom is 0.283 e. The van der Waals surface area contributed by atoms with Crippen molar-refractivity contribution in [2.24, 2.45) is 0 Å². The summed E-state index contributed by atoms with van der Waals surface area (Å²) in [7, 11) is -0.154. The van der Waals surface area contributed by atoms with Gasteiger partial charge in [-0.1, -0.05) is 35.4 Å². The van der Waals surface area contributed by atoms with E-state index < -0.39 is 15.9 Å². The van der Waals surface area contributed by atoms with E-state index in [1.807, 2.05) is 55.6 Å². The number of aromatic nitrogens is 3. The first kappa shape index (κ1) is 23.7. The summed E-state index contributed by atoms with van der Waals surface area (Å²) in [4.78, 5) is 23.7. The summed E-state index contributed by atoms with van der Waals surface area (Å²) in [6.07, 6.45) is 0. The Kier molecular flexibility index (Phi) is 6.33. The largest absolute Gasteiger partial charge is 0.378 e. The normalized spacial score (nSPS) is 11.6. The molecular formula is C24H24ClN5O3S. The molecule has 0 bridgehead atoms. The summed E-state index contributed by atoms with van der Waals surface area (Å²) in [6, 6.07) is 15.1. The fourth-order valence-corrected chi connectivity index (χ4v) is 4.69. The van der Waals surface area contributed by atoms with E-state index in [1.165, 1.54) is 18.2 Å². The number of carbonyl (C=O) groups excluding carboxylic acids is 1. The quantitative estimate of drug-likeness (QED) is 0.433. The van der Waals surface area contributed by atoms with E-state index in [0.717, 1.165) is 16.8 Å². The Balaban J connectivity index is 1.64.